The van der Waals surface area contributed by atoms with Gasteiger partial charge in [0.1, 0.15) is 36.3 Å². The molecule has 0 radical (unpaired) electrons. The smallest absolute Gasteiger partial charge is 0.149 e. The molecule has 0 fully saturated rings. The summed E-state index contributed by atoms with van der Waals surface area (Å²) < 4.78 is 42.4. The van der Waals surface area contributed by atoms with Crippen LogP contribution in [0.25, 0.3) is 0 Å². The fourth-order valence-corrected chi connectivity index (χ4v) is 2.00. The molecule has 132 valence electrons. The third-order valence-electron chi connectivity index (χ3n) is 3.16. The Morgan fingerprint density at radius 3 is 2.56 bits per heavy atom. The van der Waals surface area contributed by atoms with Crippen LogP contribution >= 0.6 is 0 Å². The lowest BCUT2D eigenvalue weighted by molar-refractivity contribution is 0.150. The molecule has 0 spiro atoms. The fraction of sp³-hybridized carbons (Fsp3) is 0.263. The first-order valence-corrected chi connectivity index (χ1v) is 7.72. The number of rotatable bonds is 7. The van der Waals surface area contributed by atoms with Gasteiger partial charge in [0, 0.05) is 11.6 Å². The Hall–Kier alpha value is -2.78. The van der Waals surface area contributed by atoms with Crippen LogP contribution in [-0.4, -0.2) is 19.8 Å². The maximum atomic E-state index is 13.4. The van der Waals surface area contributed by atoms with Crippen molar-refractivity contribution in [3.63, 3.8) is 0 Å². The minimum absolute atomic E-state index is 0.0506. The van der Waals surface area contributed by atoms with Gasteiger partial charge in [-0.15, -0.1) is 0 Å². The number of nitrogen functional groups attached to an aromatic ring is 1. The molecule has 2 rings (SSSR count). The predicted molar refractivity (Wildman–Crippen MR) is 91.3 cm³/mol. The summed E-state index contributed by atoms with van der Waals surface area (Å²) in [6.07, 6.45) is 0. The van der Waals surface area contributed by atoms with Crippen LogP contribution < -0.4 is 15.2 Å². The summed E-state index contributed by atoms with van der Waals surface area (Å²) in [5.74, 6) is 5.67. The van der Waals surface area contributed by atoms with E-state index in [2.05, 4.69) is 11.8 Å². The number of halogens is 2. The van der Waals surface area contributed by atoms with Crippen molar-refractivity contribution in [2.75, 3.05) is 25.6 Å². The molecular weight excluding hydrogens is 328 g/mol. The maximum Gasteiger partial charge on any atom is 0.149 e. The summed E-state index contributed by atoms with van der Waals surface area (Å²) in [5, 5.41) is 0. The van der Waals surface area contributed by atoms with Gasteiger partial charge < -0.3 is 19.9 Å². The van der Waals surface area contributed by atoms with Crippen molar-refractivity contribution in [1.82, 2.24) is 0 Å². The first kappa shape index (κ1) is 18.6. The van der Waals surface area contributed by atoms with E-state index in [0.717, 1.165) is 18.2 Å². The zero-order chi connectivity index (χ0) is 18.1. The van der Waals surface area contributed by atoms with E-state index in [9.17, 15) is 8.78 Å². The van der Waals surface area contributed by atoms with E-state index in [4.69, 9.17) is 19.9 Å². The second kappa shape index (κ2) is 9.50. The van der Waals surface area contributed by atoms with Crippen molar-refractivity contribution < 1.29 is 23.0 Å². The first-order chi connectivity index (χ1) is 12.1. The van der Waals surface area contributed by atoms with Gasteiger partial charge in [-0.1, -0.05) is 11.8 Å². The van der Waals surface area contributed by atoms with Crippen molar-refractivity contribution in [2.45, 2.75) is 13.5 Å². The highest BCUT2D eigenvalue weighted by molar-refractivity contribution is 5.56. The number of nitrogens with two attached hydrogens (primary N) is 1. The summed E-state index contributed by atoms with van der Waals surface area (Å²) in [7, 11) is 0. The molecule has 6 heteroatoms. The Balaban J connectivity index is 1.73. The van der Waals surface area contributed by atoms with E-state index in [-0.39, 0.29) is 25.4 Å². The molecule has 0 aliphatic rings. The Morgan fingerprint density at radius 2 is 1.80 bits per heavy atom. The largest absolute Gasteiger partial charge is 0.494 e. The maximum absolute atomic E-state index is 13.4. The third kappa shape index (κ3) is 5.98. The van der Waals surface area contributed by atoms with Crippen LogP contribution in [0.15, 0.2) is 36.4 Å². The lowest BCUT2D eigenvalue weighted by Gasteiger charge is -2.08. The standard InChI is InChI=1S/C19H19F2NO3/c1-2-24-16-6-8-19(18(22)12-16)25-10-4-3-9-23-13-14-11-15(20)5-7-17(14)21/h5-8,11-12H,2,9-10,13,22H2,1H3. The molecule has 25 heavy (non-hydrogen) atoms. The molecule has 0 saturated heterocycles. The lowest BCUT2D eigenvalue weighted by Crippen LogP contribution is -2.00. The van der Waals surface area contributed by atoms with Gasteiger partial charge in [0.15, 0.2) is 0 Å². The van der Waals surface area contributed by atoms with Crippen LogP contribution in [0, 0.1) is 23.5 Å². The molecule has 0 atom stereocenters. The average molecular weight is 347 g/mol. The lowest BCUT2D eigenvalue weighted by atomic mass is 10.2. The molecule has 2 aromatic rings. The normalized spacial score (nSPS) is 10.0. The molecular formula is C19H19F2NO3. The van der Waals surface area contributed by atoms with Crippen molar-refractivity contribution in [2.24, 2.45) is 0 Å². The van der Waals surface area contributed by atoms with E-state index in [0.29, 0.717) is 23.8 Å². The topological polar surface area (TPSA) is 53.7 Å². The molecule has 2 N–H and O–H groups in total. The molecule has 0 bridgehead atoms. The zero-order valence-electron chi connectivity index (χ0n) is 13.9. The van der Waals surface area contributed by atoms with Crippen LogP contribution in [-0.2, 0) is 11.3 Å². The number of anilines is 1. The van der Waals surface area contributed by atoms with Gasteiger partial charge in [0.25, 0.3) is 0 Å². The fourth-order valence-electron chi connectivity index (χ4n) is 2.00. The van der Waals surface area contributed by atoms with Crippen molar-refractivity contribution in [3.05, 3.63) is 53.6 Å². The van der Waals surface area contributed by atoms with Gasteiger partial charge in [0.2, 0.25) is 0 Å². The van der Waals surface area contributed by atoms with E-state index < -0.39 is 11.6 Å². The van der Waals surface area contributed by atoms with Crippen LogP contribution in [0.3, 0.4) is 0 Å². The monoisotopic (exact) mass is 347 g/mol. The SMILES string of the molecule is CCOc1ccc(OCC#CCOCc2cc(F)ccc2F)c(N)c1. The second-order valence-electron chi connectivity index (χ2n) is 5.00. The van der Waals surface area contributed by atoms with Crippen LogP contribution in [0.1, 0.15) is 12.5 Å². The summed E-state index contributed by atoms with van der Waals surface area (Å²) in [6.45, 7) is 2.62. The van der Waals surface area contributed by atoms with Gasteiger partial charge in [-0.3, -0.25) is 0 Å². The summed E-state index contributed by atoms with van der Waals surface area (Å²) in [6, 6.07) is 8.38. The van der Waals surface area contributed by atoms with E-state index in [1.54, 1.807) is 18.2 Å². The molecule has 2 aromatic carbocycles. The molecule has 0 saturated carbocycles. The van der Waals surface area contributed by atoms with Gasteiger partial charge >= 0.3 is 0 Å². The Kier molecular flexibility index (Phi) is 7.05. The first-order valence-electron chi connectivity index (χ1n) is 7.72. The highest BCUT2D eigenvalue weighted by Crippen LogP contribution is 2.26. The molecule has 4 nitrogen and oxygen atoms in total. The summed E-state index contributed by atoms with van der Waals surface area (Å²) in [4.78, 5) is 0. The van der Waals surface area contributed by atoms with Gasteiger partial charge in [-0.05, 0) is 37.3 Å². The molecule has 0 heterocycles. The van der Waals surface area contributed by atoms with E-state index in [1.807, 2.05) is 6.92 Å². The Labute approximate surface area is 145 Å². The van der Waals surface area contributed by atoms with Crippen molar-refractivity contribution >= 4 is 5.69 Å². The highest BCUT2D eigenvalue weighted by Gasteiger charge is 2.03. The third-order valence-corrected chi connectivity index (χ3v) is 3.16. The Bertz CT molecular complexity index is 769. The van der Waals surface area contributed by atoms with E-state index >= 15 is 0 Å². The van der Waals surface area contributed by atoms with Crippen LogP contribution in [0.4, 0.5) is 14.5 Å². The van der Waals surface area contributed by atoms with E-state index in [1.165, 1.54) is 0 Å². The molecule has 0 aliphatic heterocycles. The Morgan fingerprint density at radius 1 is 1.00 bits per heavy atom. The van der Waals surface area contributed by atoms with Crippen LogP contribution in [0.5, 0.6) is 11.5 Å². The number of benzene rings is 2. The average Bonchev–Trinajstić information content (AvgIpc) is 2.59. The van der Waals surface area contributed by atoms with Crippen molar-refractivity contribution in [1.29, 1.82) is 0 Å². The molecule has 0 amide bonds. The number of hydrogen-bond donors (Lipinski definition) is 1. The number of ether oxygens (including phenoxy) is 3. The molecule has 0 aliphatic carbocycles. The zero-order valence-corrected chi connectivity index (χ0v) is 13.9. The van der Waals surface area contributed by atoms with Gasteiger partial charge in [0.05, 0.1) is 18.9 Å². The minimum Gasteiger partial charge on any atom is -0.494 e. The number of hydrogen-bond acceptors (Lipinski definition) is 4. The summed E-state index contributed by atoms with van der Waals surface area (Å²) >= 11 is 0. The quantitative estimate of drug-likeness (QED) is 0.473. The minimum atomic E-state index is -0.510. The second-order valence-corrected chi connectivity index (χ2v) is 5.00. The van der Waals surface area contributed by atoms with Crippen molar-refractivity contribution in [3.8, 4) is 23.3 Å². The molecule has 0 unspecified atom stereocenters. The highest BCUT2D eigenvalue weighted by atomic mass is 19.1. The van der Waals surface area contributed by atoms with Crippen LogP contribution in [0.2, 0.25) is 0 Å². The van der Waals surface area contributed by atoms with Gasteiger partial charge in [-0.25, -0.2) is 8.78 Å². The predicted octanol–water partition coefficient (Wildman–Crippen LogP) is 3.54. The summed E-state index contributed by atoms with van der Waals surface area (Å²) in [5.41, 5.74) is 6.48. The van der Waals surface area contributed by atoms with Gasteiger partial charge in [-0.2, -0.15) is 0 Å². The molecule has 0 aromatic heterocycles.